The summed E-state index contributed by atoms with van der Waals surface area (Å²) < 4.78 is 5.66. The van der Waals surface area contributed by atoms with Crippen molar-refractivity contribution in [3.05, 3.63) is 66.2 Å². The minimum Gasteiger partial charge on any atom is -0.487 e. The molecule has 0 aliphatic heterocycles. The maximum absolute atomic E-state index is 12.4. The lowest BCUT2D eigenvalue weighted by Gasteiger charge is -2.20. The minimum absolute atomic E-state index is 0.0547. The fraction of sp³-hybridized carbons (Fsp3) is 0.304. The average molecular weight is 396 g/mol. The summed E-state index contributed by atoms with van der Waals surface area (Å²) in [6.07, 6.45) is 0. The first-order chi connectivity index (χ1) is 13.6. The lowest BCUT2D eigenvalue weighted by Crippen LogP contribution is -2.40. The Balaban J connectivity index is 1.96. The van der Waals surface area contributed by atoms with Crippen molar-refractivity contribution in [1.82, 2.24) is 5.32 Å². The standard InChI is InChI=1S/C23H29N3O3/c1-16(2)15-29-20-12-7-6-11-19(20)25-21(27)14-24-18-10-8-9-17(13-18)22(28)26-23(3,4)5/h6-13,24H,1,14-15H2,2-5H3,(H,25,27)(H,26,28). The quantitative estimate of drug-likeness (QED) is 0.585. The van der Waals surface area contributed by atoms with Gasteiger partial charge < -0.3 is 20.7 Å². The van der Waals surface area contributed by atoms with Gasteiger partial charge in [0.05, 0.1) is 12.2 Å². The van der Waals surface area contributed by atoms with Crippen molar-refractivity contribution in [2.75, 3.05) is 23.8 Å². The molecule has 3 N–H and O–H groups in total. The van der Waals surface area contributed by atoms with E-state index >= 15 is 0 Å². The van der Waals surface area contributed by atoms with Gasteiger partial charge in [0.1, 0.15) is 12.4 Å². The predicted octanol–water partition coefficient (Wildman–Crippen LogP) is 4.22. The molecule has 2 aromatic carbocycles. The molecule has 0 aliphatic carbocycles. The van der Waals surface area contributed by atoms with Gasteiger partial charge in [-0.1, -0.05) is 24.8 Å². The molecule has 0 atom stereocenters. The van der Waals surface area contributed by atoms with Crippen molar-refractivity contribution >= 4 is 23.2 Å². The third-order valence-electron chi connectivity index (χ3n) is 3.70. The monoisotopic (exact) mass is 395 g/mol. The third-order valence-corrected chi connectivity index (χ3v) is 3.70. The number of hydrogen-bond acceptors (Lipinski definition) is 4. The molecule has 2 amide bonds. The second-order valence-electron chi connectivity index (χ2n) is 7.93. The first kappa shape index (κ1) is 22.0. The highest BCUT2D eigenvalue weighted by molar-refractivity contribution is 5.97. The smallest absolute Gasteiger partial charge is 0.251 e. The molecule has 0 aliphatic rings. The average Bonchev–Trinajstić information content (AvgIpc) is 2.64. The summed E-state index contributed by atoms with van der Waals surface area (Å²) >= 11 is 0. The van der Waals surface area contributed by atoms with Gasteiger partial charge in [-0.15, -0.1) is 0 Å². The van der Waals surface area contributed by atoms with Crippen LogP contribution >= 0.6 is 0 Å². The van der Waals surface area contributed by atoms with E-state index < -0.39 is 0 Å². The summed E-state index contributed by atoms with van der Waals surface area (Å²) in [5.41, 5.74) is 2.39. The van der Waals surface area contributed by atoms with E-state index in [1.165, 1.54) is 0 Å². The summed E-state index contributed by atoms with van der Waals surface area (Å²) in [6.45, 7) is 11.9. The number of carbonyl (C=O) groups excluding carboxylic acids is 2. The SMILES string of the molecule is C=C(C)COc1ccccc1NC(=O)CNc1cccc(C(=O)NC(C)(C)C)c1. The predicted molar refractivity (Wildman–Crippen MR) is 118 cm³/mol. The van der Waals surface area contributed by atoms with Crippen molar-refractivity contribution in [3.63, 3.8) is 0 Å². The zero-order valence-corrected chi connectivity index (χ0v) is 17.5. The first-order valence-corrected chi connectivity index (χ1v) is 9.46. The van der Waals surface area contributed by atoms with Gasteiger partial charge in [-0.25, -0.2) is 0 Å². The number of anilines is 2. The van der Waals surface area contributed by atoms with E-state index in [9.17, 15) is 9.59 Å². The van der Waals surface area contributed by atoms with Crippen LogP contribution in [0.3, 0.4) is 0 Å². The first-order valence-electron chi connectivity index (χ1n) is 9.46. The van der Waals surface area contributed by atoms with Gasteiger partial charge in [0.25, 0.3) is 5.91 Å². The Morgan fingerprint density at radius 2 is 1.79 bits per heavy atom. The second-order valence-corrected chi connectivity index (χ2v) is 7.93. The van der Waals surface area contributed by atoms with E-state index in [0.717, 1.165) is 5.57 Å². The minimum atomic E-state index is -0.319. The molecular weight excluding hydrogens is 366 g/mol. The van der Waals surface area contributed by atoms with Crippen molar-refractivity contribution < 1.29 is 14.3 Å². The molecule has 0 fully saturated rings. The lowest BCUT2D eigenvalue weighted by molar-refractivity contribution is -0.114. The fourth-order valence-electron chi connectivity index (χ4n) is 2.46. The lowest BCUT2D eigenvalue weighted by atomic mass is 10.1. The van der Waals surface area contributed by atoms with Gasteiger partial charge in [0.2, 0.25) is 5.91 Å². The number of benzene rings is 2. The van der Waals surface area contributed by atoms with Gasteiger partial charge in [-0.05, 0) is 63.6 Å². The van der Waals surface area contributed by atoms with Crippen LogP contribution < -0.4 is 20.7 Å². The molecule has 6 heteroatoms. The Bertz CT molecular complexity index is 885. The van der Waals surface area contributed by atoms with Crippen LogP contribution in [0.4, 0.5) is 11.4 Å². The highest BCUT2D eigenvalue weighted by atomic mass is 16.5. The topological polar surface area (TPSA) is 79.5 Å². The molecule has 29 heavy (non-hydrogen) atoms. The Kier molecular flexibility index (Phi) is 7.42. The summed E-state index contributed by atoms with van der Waals surface area (Å²) in [6, 6.07) is 14.3. The molecular formula is C23H29N3O3. The Hall–Kier alpha value is -3.28. The van der Waals surface area contributed by atoms with Crippen molar-refractivity contribution in [2.24, 2.45) is 0 Å². The van der Waals surface area contributed by atoms with Gasteiger partial charge in [-0.3, -0.25) is 9.59 Å². The molecule has 0 saturated carbocycles. The van der Waals surface area contributed by atoms with Crippen LogP contribution in [0.15, 0.2) is 60.7 Å². The van der Waals surface area contributed by atoms with Crippen LogP contribution in [0.5, 0.6) is 5.75 Å². The van der Waals surface area contributed by atoms with E-state index in [4.69, 9.17) is 4.74 Å². The summed E-state index contributed by atoms with van der Waals surface area (Å²) in [5, 5.41) is 8.80. The Morgan fingerprint density at radius 3 is 2.48 bits per heavy atom. The highest BCUT2D eigenvalue weighted by Gasteiger charge is 2.15. The number of para-hydroxylation sites is 2. The molecule has 2 aromatic rings. The zero-order valence-electron chi connectivity index (χ0n) is 17.5. The molecule has 0 saturated heterocycles. The number of amides is 2. The van der Waals surface area contributed by atoms with Crippen molar-refractivity contribution in [2.45, 2.75) is 33.2 Å². The molecule has 2 rings (SSSR count). The van der Waals surface area contributed by atoms with Gasteiger partial charge in [0.15, 0.2) is 0 Å². The van der Waals surface area contributed by atoms with Crippen LogP contribution in [0.2, 0.25) is 0 Å². The summed E-state index contributed by atoms with van der Waals surface area (Å²) in [4.78, 5) is 24.7. The summed E-state index contributed by atoms with van der Waals surface area (Å²) in [5.74, 6) is 0.208. The molecule has 0 spiro atoms. The molecule has 0 radical (unpaired) electrons. The van der Waals surface area contributed by atoms with Crippen LogP contribution in [-0.2, 0) is 4.79 Å². The van der Waals surface area contributed by atoms with E-state index in [0.29, 0.717) is 29.3 Å². The van der Waals surface area contributed by atoms with Gasteiger partial charge >= 0.3 is 0 Å². The van der Waals surface area contributed by atoms with Crippen LogP contribution in [0, 0.1) is 0 Å². The second kappa shape index (κ2) is 9.78. The largest absolute Gasteiger partial charge is 0.487 e. The van der Waals surface area contributed by atoms with E-state index in [2.05, 4.69) is 22.5 Å². The highest BCUT2D eigenvalue weighted by Crippen LogP contribution is 2.24. The molecule has 0 bridgehead atoms. The van der Waals surface area contributed by atoms with Gasteiger partial charge in [-0.2, -0.15) is 0 Å². The van der Waals surface area contributed by atoms with Gasteiger partial charge in [0, 0.05) is 16.8 Å². The fourth-order valence-corrected chi connectivity index (χ4v) is 2.46. The molecule has 154 valence electrons. The molecule has 0 heterocycles. The number of carbonyl (C=O) groups is 2. The summed E-state index contributed by atoms with van der Waals surface area (Å²) in [7, 11) is 0. The number of nitrogens with one attached hydrogen (secondary N) is 3. The third kappa shape index (κ3) is 7.70. The van der Waals surface area contributed by atoms with E-state index in [-0.39, 0.29) is 23.9 Å². The number of hydrogen-bond donors (Lipinski definition) is 3. The number of ether oxygens (including phenoxy) is 1. The molecule has 0 aromatic heterocycles. The maximum Gasteiger partial charge on any atom is 0.251 e. The maximum atomic E-state index is 12.4. The molecule has 6 nitrogen and oxygen atoms in total. The van der Waals surface area contributed by atoms with Crippen molar-refractivity contribution in [1.29, 1.82) is 0 Å². The van der Waals surface area contributed by atoms with Crippen LogP contribution in [0.25, 0.3) is 0 Å². The normalized spacial score (nSPS) is 10.8. The zero-order chi connectivity index (χ0) is 21.4. The Morgan fingerprint density at radius 1 is 1.07 bits per heavy atom. The molecule has 0 unspecified atom stereocenters. The Labute approximate surface area is 172 Å². The van der Waals surface area contributed by atoms with E-state index in [1.807, 2.05) is 45.9 Å². The van der Waals surface area contributed by atoms with Crippen molar-refractivity contribution in [3.8, 4) is 5.75 Å². The van der Waals surface area contributed by atoms with E-state index in [1.54, 1.807) is 30.3 Å². The van der Waals surface area contributed by atoms with Crippen LogP contribution in [0.1, 0.15) is 38.1 Å². The van der Waals surface area contributed by atoms with Crippen LogP contribution in [-0.4, -0.2) is 30.5 Å². The number of rotatable bonds is 8.